The van der Waals surface area contributed by atoms with Gasteiger partial charge in [-0.1, -0.05) is 30.4 Å². The summed E-state index contributed by atoms with van der Waals surface area (Å²) in [5.41, 5.74) is 3.18. The van der Waals surface area contributed by atoms with Crippen LogP contribution in [0.25, 0.3) is 10.4 Å². The highest BCUT2D eigenvalue weighted by Crippen LogP contribution is 2.32. The third-order valence-corrected chi connectivity index (χ3v) is 5.07. The van der Waals surface area contributed by atoms with Gasteiger partial charge in [-0.05, 0) is 48.7 Å². The van der Waals surface area contributed by atoms with Gasteiger partial charge in [-0.2, -0.15) is 0 Å². The van der Waals surface area contributed by atoms with E-state index in [2.05, 4.69) is 27.5 Å². The van der Waals surface area contributed by atoms with Crippen molar-refractivity contribution in [3.8, 4) is 16.2 Å². The van der Waals surface area contributed by atoms with Gasteiger partial charge < -0.3 is 10.1 Å². The SMILES string of the molecule is CCc1ccc(OCCNC(=O)Nc2nc(C)c(-c3ccncc3)s2)cc1. The molecule has 3 aromatic rings. The largest absolute Gasteiger partial charge is 0.492 e. The lowest BCUT2D eigenvalue weighted by atomic mass is 10.2. The topological polar surface area (TPSA) is 76.1 Å². The van der Waals surface area contributed by atoms with Gasteiger partial charge in [0.2, 0.25) is 0 Å². The lowest BCUT2D eigenvalue weighted by Crippen LogP contribution is -2.32. The molecule has 0 bridgehead atoms. The van der Waals surface area contributed by atoms with E-state index in [4.69, 9.17) is 4.74 Å². The Kier molecular flexibility index (Phi) is 6.38. The number of urea groups is 1. The summed E-state index contributed by atoms with van der Waals surface area (Å²) in [7, 11) is 0. The van der Waals surface area contributed by atoms with Gasteiger partial charge >= 0.3 is 6.03 Å². The molecular formula is C20H22N4O2S. The molecule has 2 heterocycles. The minimum Gasteiger partial charge on any atom is -0.492 e. The monoisotopic (exact) mass is 382 g/mol. The van der Waals surface area contributed by atoms with E-state index in [1.54, 1.807) is 12.4 Å². The molecule has 6 nitrogen and oxygen atoms in total. The Bertz CT molecular complexity index is 879. The van der Waals surface area contributed by atoms with Gasteiger partial charge in [0.15, 0.2) is 5.13 Å². The zero-order valence-electron chi connectivity index (χ0n) is 15.4. The summed E-state index contributed by atoms with van der Waals surface area (Å²) < 4.78 is 5.63. The lowest BCUT2D eigenvalue weighted by molar-refractivity contribution is 0.247. The summed E-state index contributed by atoms with van der Waals surface area (Å²) in [5.74, 6) is 0.798. The molecule has 0 fully saturated rings. The number of nitrogens with zero attached hydrogens (tertiary/aromatic N) is 2. The van der Waals surface area contributed by atoms with Crippen LogP contribution in [0.1, 0.15) is 18.2 Å². The van der Waals surface area contributed by atoms with Gasteiger partial charge in [0.1, 0.15) is 12.4 Å². The Morgan fingerprint density at radius 2 is 1.89 bits per heavy atom. The number of carbonyl (C=O) groups excluding carboxylic acids is 1. The zero-order valence-corrected chi connectivity index (χ0v) is 16.2. The first kappa shape index (κ1) is 18.8. The molecule has 3 rings (SSSR count). The third kappa shape index (κ3) is 5.27. The zero-order chi connectivity index (χ0) is 19.1. The second kappa shape index (κ2) is 9.14. The average molecular weight is 382 g/mol. The molecule has 27 heavy (non-hydrogen) atoms. The first-order chi connectivity index (χ1) is 13.2. The van der Waals surface area contributed by atoms with Crippen molar-refractivity contribution < 1.29 is 9.53 Å². The van der Waals surface area contributed by atoms with Crippen LogP contribution in [0.4, 0.5) is 9.93 Å². The number of amides is 2. The summed E-state index contributed by atoms with van der Waals surface area (Å²) in [6.45, 7) is 4.84. The van der Waals surface area contributed by atoms with Crippen LogP contribution in [0.2, 0.25) is 0 Å². The highest BCUT2D eigenvalue weighted by molar-refractivity contribution is 7.19. The quantitative estimate of drug-likeness (QED) is 0.598. The third-order valence-electron chi connectivity index (χ3n) is 3.95. The number of anilines is 1. The van der Waals surface area contributed by atoms with Crippen molar-refractivity contribution in [1.82, 2.24) is 15.3 Å². The van der Waals surface area contributed by atoms with Gasteiger partial charge in [-0.3, -0.25) is 10.3 Å². The van der Waals surface area contributed by atoms with E-state index in [-0.39, 0.29) is 6.03 Å². The maximum Gasteiger partial charge on any atom is 0.321 e. The highest BCUT2D eigenvalue weighted by atomic mass is 32.1. The lowest BCUT2D eigenvalue weighted by Gasteiger charge is -2.08. The maximum atomic E-state index is 12.0. The molecule has 0 spiro atoms. The number of hydrogen-bond acceptors (Lipinski definition) is 5. The normalized spacial score (nSPS) is 10.4. The number of nitrogens with one attached hydrogen (secondary N) is 2. The van der Waals surface area contributed by atoms with Crippen LogP contribution in [0.15, 0.2) is 48.8 Å². The van der Waals surface area contributed by atoms with Crippen molar-refractivity contribution in [2.24, 2.45) is 0 Å². The van der Waals surface area contributed by atoms with Crippen molar-refractivity contribution in [2.45, 2.75) is 20.3 Å². The number of benzene rings is 1. The summed E-state index contributed by atoms with van der Waals surface area (Å²) >= 11 is 1.44. The van der Waals surface area contributed by atoms with Crippen LogP contribution >= 0.6 is 11.3 Å². The molecule has 0 atom stereocenters. The van der Waals surface area contributed by atoms with Gasteiger partial charge in [-0.15, -0.1) is 0 Å². The number of carbonyl (C=O) groups is 1. The van der Waals surface area contributed by atoms with Gasteiger partial charge in [-0.25, -0.2) is 9.78 Å². The van der Waals surface area contributed by atoms with Crippen LogP contribution < -0.4 is 15.4 Å². The van der Waals surface area contributed by atoms with Crippen LogP contribution in [0.5, 0.6) is 5.75 Å². The Hall–Kier alpha value is -2.93. The van der Waals surface area contributed by atoms with Gasteiger partial charge in [0, 0.05) is 12.4 Å². The molecule has 0 aliphatic rings. The Morgan fingerprint density at radius 1 is 1.15 bits per heavy atom. The molecule has 1 aromatic carbocycles. The van der Waals surface area contributed by atoms with E-state index in [9.17, 15) is 4.79 Å². The molecular weight excluding hydrogens is 360 g/mol. The van der Waals surface area contributed by atoms with E-state index in [0.717, 1.165) is 28.3 Å². The van der Waals surface area contributed by atoms with Crippen molar-refractivity contribution in [3.63, 3.8) is 0 Å². The standard InChI is InChI=1S/C20H22N4O2S/c1-3-15-4-6-17(7-5-15)26-13-12-22-19(25)24-20-23-14(2)18(27-20)16-8-10-21-11-9-16/h4-11H,3,12-13H2,1-2H3,(H2,22,23,24,25). The molecule has 0 saturated heterocycles. The number of ether oxygens (including phenoxy) is 1. The van der Waals surface area contributed by atoms with Gasteiger partial charge in [0.25, 0.3) is 0 Å². The number of aryl methyl sites for hydroxylation is 2. The molecule has 0 radical (unpaired) electrons. The second-order valence-corrected chi connectivity index (χ2v) is 6.90. The van der Waals surface area contributed by atoms with Crippen LogP contribution in [-0.2, 0) is 6.42 Å². The first-order valence-electron chi connectivity index (χ1n) is 8.80. The fourth-order valence-corrected chi connectivity index (χ4v) is 3.48. The molecule has 2 N–H and O–H groups in total. The summed E-state index contributed by atoms with van der Waals surface area (Å²) in [4.78, 5) is 21.5. The predicted molar refractivity (Wildman–Crippen MR) is 108 cm³/mol. The van der Waals surface area contributed by atoms with Crippen molar-refractivity contribution in [1.29, 1.82) is 0 Å². The number of hydrogen-bond donors (Lipinski definition) is 2. The first-order valence-corrected chi connectivity index (χ1v) is 9.61. The number of pyridine rings is 1. The molecule has 0 unspecified atom stereocenters. The fourth-order valence-electron chi connectivity index (χ4n) is 2.52. The highest BCUT2D eigenvalue weighted by Gasteiger charge is 2.11. The smallest absolute Gasteiger partial charge is 0.321 e. The second-order valence-electron chi connectivity index (χ2n) is 5.90. The molecule has 140 valence electrons. The fraction of sp³-hybridized carbons (Fsp3) is 0.250. The van der Waals surface area contributed by atoms with Crippen molar-refractivity contribution >= 4 is 22.5 Å². The number of aromatic nitrogens is 2. The van der Waals surface area contributed by atoms with Gasteiger partial charge in [0.05, 0.1) is 17.1 Å². The van der Waals surface area contributed by atoms with Crippen LogP contribution in [-0.4, -0.2) is 29.2 Å². The molecule has 0 aliphatic carbocycles. The van der Waals surface area contributed by atoms with E-state index < -0.39 is 0 Å². The number of rotatable bonds is 7. The average Bonchev–Trinajstić information content (AvgIpc) is 3.06. The van der Waals surface area contributed by atoms with E-state index in [0.29, 0.717) is 18.3 Å². The summed E-state index contributed by atoms with van der Waals surface area (Å²) in [5, 5.41) is 6.11. The molecule has 7 heteroatoms. The molecule has 2 amide bonds. The molecule has 2 aromatic heterocycles. The number of thiazole rings is 1. The molecule has 0 saturated carbocycles. The van der Waals surface area contributed by atoms with E-state index in [1.165, 1.54) is 16.9 Å². The van der Waals surface area contributed by atoms with E-state index in [1.807, 2.05) is 43.3 Å². The molecule has 0 aliphatic heterocycles. The van der Waals surface area contributed by atoms with Crippen molar-refractivity contribution in [2.75, 3.05) is 18.5 Å². The Morgan fingerprint density at radius 3 is 2.59 bits per heavy atom. The predicted octanol–water partition coefficient (Wildman–Crippen LogP) is 4.28. The maximum absolute atomic E-state index is 12.0. The summed E-state index contributed by atoms with van der Waals surface area (Å²) in [6, 6.07) is 11.5. The van der Waals surface area contributed by atoms with E-state index >= 15 is 0 Å². The minimum atomic E-state index is -0.296. The minimum absolute atomic E-state index is 0.296. The van der Waals surface area contributed by atoms with Crippen LogP contribution in [0.3, 0.4) is 0 Å². The van der Waals surface area contributed by atoms with Crippen molar-refractivity contribution in [3.05, 3.63) is 60.0 Å². The Balaban J connectivity index is 1.45. The Labute approximate surface area is 162 Å². The van der Waals surface area contributed by atoms with Crippen LogP contribution in [0, 0.1) is 6.92 Å². The summed E-state index contributed by atoms with van der Waals surface area (Å²) in [6.07, 6.45) is 4.48.